The average Bonchev–Trinajstić information content (AvgIpc) is 2.35. The summed E-state index contributed by atoms with van der Waals surface area (Å²) in [7, 11) is 3.46. The third-order valence-electron chi connectivity index (χ3n) is 2.45. The van der Waals surface area contributed by atoms with Crippen molar-refractivity contribution in [3.63, 3.8) is 0 Å². The zero-order valence-corrected chi connectivity index (χ0v) is 11.7. The molecule has 0 spiro atoms. The first-order valence-corrected chi connectivity index (χ1v) is 5.71. The topological polar surface area (TPSA) is 41.6 Å². The largest absolute Gasteiger partial charge is 0.383 e. The number of carbonyl (C=O) groups is 1. The first-order valence-electron chi connectivity index (χ1n) is 5.71. The number of methoxy groups -OCH3 is 1. The van der Waals surface area contributed by atoms with E-state index in [1.807, 2.05) is 37.4 Å². The molecule has 0 saturated carbocycles. The first kappa shape index (κ1) is 16.9. The highest BCUT2D eigenvalue weighted by atomic mass is 35.5. The van der Waals surface area contributed by atoms with Crippen LogP contribution in [0.4, 0.5) is 0 Å². The van der Waals surface area contributed by atoms with Gasteiger partial charge in [0.15, 0.2) is 0 Å². The summed E-state index contributed by atoms with van der Waals surface area (Å²) >= 11 is 0. The van der Waals surface area contributed by atoms with Gasteiger partial charge in [0.1, 0.15) is 0 Å². The summed E-state index contributed by atoms with van der Waals surface area (Å²) < 4.78 is 4.89. The average molecular weight is 273 g/mol. The smallest absolute Gasteiger partial charge is 0.236 e. The molecule has 0 heterocycles. The minimum absolute atomic E-state index is 0. The van der Waals surface area contributed by atoms with Gasteiger partial charge in [0.2, 0.25) is 5.91 Å². The van der Waals surface area contributed by atoms with E-state index < -0.39 is 0 Å². The Morgan fingerprint density at radius 2 is 2.00 bits per heavy atom. The normalized spacial score (nSPS) is 9.67. The number of hydrogen-bond acceptors (Lipinski definition) is 3. The maximum atomic E-state index is 11.7. The first-order chi connectivity index (χ1) is 8.24. The van der Waals surface area contributed by atoms with Gasteiger partial charge in [0, 0.05) is 27.2 Å². The van der Waals surface area contributed by atoms with Crippen LogP contribution in [0, 0.1) is 0 Å². The molecular weight excluding hydrogens is 252 g/mol. The van der Waals surface area contributed by atoms with Crippen molar-refractivity contribution in [2.45, 2.75) is 6.54 Å². The number of benzene rings is 1. The van der Waals surface area contributed by atoms with Gasteiger partial charge in [-0.1, -0.05) is 30.3 Å². The molecule has 1 amide bonds. The molecule has 0 aliphatic carbocycles. The van der Waals surface area contributed by atoms with Crippen molar-refractivity contribution in [2.75, 3.05) is 33.9 Å². The summed E-state index contributed by atoms with van der Waals surface area (Å²) in [6.45, 7) is 2.31. The van der Waals surface area contributed by atoms with Gasteiger partial charge in [-0.15, -0.1) is 12.4 Å². The van der Waals surface area contributed by atoms with E-state index in [1.165, 1.54) is 0 Å². The minimum Gasteiger partial charge on any atom is -0.383 e. The molecule has 1 aromatic carbocycles. The van der Waals surface area contributed by atoms with Gasteiger partial charge in [-0.05, 0) is 5.56 Å². The second kappa shape index (κ2) is 9.88. The van der Waals surface area contributed by atoms with Crippen LogP contribution in [0.3, 0.4) is 0 Å². The number of likely N-dealkylation sites (N-methyl/N-ethyl adjacent to an activating group) is 1. The molecule has 0 atom stereocenters. The molecule has 1 N–H and O–H groups in total. The molecule has 1 rings (SSSR count). The van der Waals surface area contributed by atoms with Crippen LogP contribution >= 0.6 is 12.4 Å². The predicted octanol–water partition coefficient (Wildman–Crippen LogP) is 1.30. The quantitative estimate of drug-likeness (QED) is 0.761. The molecule has 0 aliphatic rings. The van der Waals surface area contributed by atoms with Gasteiger partial charge in [-0.25, -0.2) is 0 Å². The molecule has 4 nitrogen and oxygen atoms in total. The summed E-state index contributed by atoms with van der Waals surface area (Å²) in [5, 5.41) is 3.04. The fourth-order valence-electron chi connectivity index (χ4n) is 1.45. The van der Waals surface area contributed by atoms with Gasteiger partial charge >= 0.3 is 0 Å². The van der Waals surface area contributed by atoms with E-state index in [9.17, 15) is 4.79 Å². The third-order valence-corrected chi connectivity index (χ3v) is 2.45. The number of amides is 1. The fraction of sp³-hybridized carbons (Fsp3) is 0.462. The van der Waals surface area contributed by atoms with Crippen molar-refractivity contribution >= 4 is 18.3 Å². The molecule has 0 saturated heterocycles. The highest BCUT2D eigenvalue weighted by Gasteiger charge is 2.07. The molecule has 0 bridgehead atoms. The Balaban J connectivity index is 0.00000289. The lowest BCUT2D eigenvalue weighted by atomic mass is 10.2. The molecular formula is C13H21ClN2O2. The van der Waals surface area contributed by atoms with E-state index in [0.717, 1.165) is 5.56 Å². The van der Waals surface area contributed by atoms with Crippen LogP contribution in [0.2, 0.25) is 0 Å². The van der Waals surface area contributed by atoms with E-state index in [2.05, 4.69) is 5.32 Å². The van der Waals surface area contributed by atoms with E-state index in [0.29, 0.717) is 26.2 Å². The van der Waals surface area contributed by atoms with Crippen molar-refractivity contribution < 1.29 is 9.53 Å². The molecule has 102 valence electrons. The SMILES string of the molecule is COCCNCC(=O)N(C)Cc1ccccc1.Cl. The molecule has 0 aliphatic heterocycles. The Morgan fingerprint density at radius 1 is 1.33 bits per heavy atom. The second-order valence-corrected chi connectivity index (χ2v) is 3.90. The van der Waals surface area contributed by atoms with E-state index in [4.69, 9.17) is 4.74 Å². The third kappa shape index (κ3) is 6.59. The summed E-state index contributed by atoms with van der Waals surface area (Å²) in [6.07, 6.45) is 0. The van der Waals surface area contributed by atoms with Crippen LogP contribution in [0.25, 0.3) is 0 Å². The number of rotatable bonds is 7. The molecule has 0 fully saturated rings. The lowest BCUT2D eigenvalue weighted by Gasteiger charge is -2.17. The maximum absolute atomic E-state index is 11.7. The van der Waals surface area contributed by atoms with Crippen LogP contribution in [-0.2, 0) is 16.1 Å². The van der Waals surface area contributed by atoms with Crippen LogP contribution in [-0.4, -0.2) is 44.7 Å². The Morgan fingerprint density at radius 3 is 2.61 bits per heavy atom. The number of nitrogens with one attached hydrogen (secondary N) is 1. The summed E-state index contributed by atoms with van der Waals surface area (Å²) in [5.74, 6) is 0.0879. The van der Waals surface area contributed by atoms with Crippen LogP contribution in [0.1, 0.15) is 5.56 Å². The Kier molecular flexibility index (Phi) is 9.28. The number of halogens is 1. The second-order valence-electron chi connectivity index (χ2n) is 3.90. The van der Waals surface area contributed by atoms with E-state index in [-0.39, 0.29) is 18.3 Å². The molecule has 5 heteroatoms. The molecule has 0 unspecified atom stereocenters. The highest BCUT2D eigenvalue weighted by molar-refractivity contribution is 5.85. The molecule has 0 aromatic heterocycles. The van der Waals surface area contributed by atoms with Crippen molar-refractivity contribution in [3.05, 3.63) is 35.9 Å². The molecule has 1 aromatic rings. The standard InChI is InChI=1S/C13H20N2O2.ClH/c1-15(11-12-6-4-3-5-7-12)13(16)10-14-8-9-17-2;/h3-7,14H,8-11H2,1-2H3;1H. The number of carbonyl (C=O) groups excluding carboxylic acids is 1. The van der Waals surface area contributed by atoms with E-state index in [1.54, 1.807) is 12.0 Å². The Labute approximate surface area is 115 Å². The number of ether oxygens (including phenoxy) is 1. The molecule has 0 radical (unpaired) electrons. The van der Waals surface area contributed by atoms with Crippen molar-refractivity contribution in [3.8, 4) is 0 Å². The zero-order chi connectivity index (χ0) is 12.5. The predicted molar refractivity (Wildman–Crippen MR) is 74.9 cm³/mol. The van der Waals surface area contributed by atoms with Gasteiger partial charge < -0.3 is 15.0 Å². The van der Waals surface area contributed by atoms with E-state index >= 15 is 0 Å². The van der Waals surface area contributed by atoms with Crippen LogP contribution in [0.15, 0.2) is 30.3 Å². The lowest BCUT2D eigenvalue weighted by molar-refractivity contribution is -0.129. The zero-order valence-electron chi connectivity index (χ0n) is 10.9. The summed E-state index contributed by atoms with van der Waals surface area (Å²) in [4.78, 5) is 13.5. The summed E-state index contributed by atoms with van der Waals surface area (Å²) in [6, 6.07) is 9.96. The molecule has 18 heavy (non-hydrogen) atoms. The summed E-state index contributed by atoms with van der Waals surface area (Å²) in [5.41, 5.74) is 1.14. The Hall–Kier alpha value is -1.10. The lowest BCUT2D eigenvalue weighted by Crippen LogP contribution is -2.36. The van der Waals surface area contributed by atoms with Gasteiger partial charge in [0.25, 0.3) is 0 Å². The fourth-order valence-corrected chi connectivity index (χ4v) is 1.45. The van der Waals surface area contributed by atoms with Crippen molar-refractivity contribution in [2.24, 2.45) is 0 Å². The highest BCUT2D eigenvalue weighted by Crippen LogP contribution is 2.02. The Bertz CT molecular complexity index is 333. The number of hydrogen-bond donors (Lipinski definition) is 1. The monoisotopic (exact) mass is 272 g/mol. The van der Waals surface area contributed by atoms with Gasteiger partial charge in [0.05, 0.1) is 13.2 Å². The van der Waals surface area contributed by atoms with Crippen molar-refractivity contribution in [1.29, 1.82) is 0 Å². The minimum atomic E-state index is 0. The van der Waals surface area contributed by atoms with Crippen LogP contribution < -0.4 is 5.32 Å². The maximum Gasteiger partial charge on any atom is 0.236 e. The number of nitrogens with zero attached hydrogens (tertiary/aromatic N) is 1. The van der Waals surface area contributed by atoms with Gasteiger partial charge in [-0.3, -0.25) is 4.79 Å². The van der Waals surface area contributed by atoms with Crippen molar-refractivity contribution in [1.82, 2.24) is 10.2 Å². The van der Waals surface area contributed by atoms with Gasteiger partial charge in [-0.2, -0.15) is 0 Å². The van der Waals surface area contributed by atoms with Crippen LogP contribution in [0.5, 0.6) is 0 Å².